The molecule has 4 amide bonds. The van der Waals surface area contributed by atoms with Crippen molar-refractivity contribution in [3.8, 4) is 34.3 Å². The van der Waals surface area contributed by atoms with Gasteiger partial charge in [0, 0.05) is 84.0 Å². The molecule has 37 heteroatoms. The van der Waals surface area contributed by atoms with Gasteiger partial charge in [0.2, 0.25) is 0 Å². The molecule has 7 aliphatic rings. The van der Waals surface area contributed by atoms with Gasteiger partial charge in [-0.25, -0.2) is 39.9 Å². The van der Waals surface area contributed by atoms with E-state index in [1.807, 2.05) is 254 Å². The van der Waals surface area contributed by atoms with Gasteiger partial charge >= 0.3 is 0 Å². The number of nitrogens with one attached hydrogen (secondary N) is 5. The highest BCUT2D eigenvalue weighted by Crippen LogP contribution is 2.43. The minimum Gasteiger partial charge on any atom is -0.497 e. The number of methoxy groups -OCH3 is 3. The van der Waals surface area contributed by atoms with Crippen LogP contribution in [0.2, 0.25) is 25.4 Å². The second-order valence-corrected chi connectivity index (χ2v) is 38.5. The van der Waals surface area contributed by atoms with Gasteiger partial charge in [-0.1, -0.05) is 185 Å². The first kappa shape index (κ1) is 100. The summed E-state index contributed by atoms with van der Waals surface area (Å²) in [5.41, 5.74) is 14.7. The number of rotatable bonds is 25. The molecule has 748 valence electrons. The molecule has 0 spiro atoms. The van der Waals surface area contributed by atoms with Gasteiger partial charge in [-0.05, 0) is 214 Å². The zero-order valence-electron chi connectivity index (χ0n) is 81.0. The number of nitrogens with zero attached hydrogens (tertiary/aromatic N) is 16. The number of hydrogen-bond acceptors (Lipinski definition) is 25. The summed E-state index contributed by atoms with van der Waals surface area (Å²) in [6.45, 7) is 8.91. The SMILES string of the molecule is CC(N)c1cc2cccc(Cl)c2c(=O)n1-c1ccccc1.CC(Nc1ncnc2c1C(=O)N(C1CC1)CN2)c1cc2cccc(Cl)c2c(=O)n1-c1ccccc1.COc1ccc(CN2CN(C3CC3)C(=O)c3c(Cl)ncnc32)cc1.COc1ccc(CN2CN(C3CC3)C(=O)c3c(NC(C)c4cc5cccc(Cl)c5c(=O)n4-c4ccccc4)ncnc32)cc1.COc1ccc(CNc2ncnc(Cl)c2C(=O)NC2CC2)cc1. The van der Waals surface area contributed by atoms with Crippen molar-refractivity contribution < 1.29 is 33.4 Å². The summed E-state index contributed by atoms with van der Waals surface area (Å²) < 4.78 is 20.6. The number of carbonyl (C=O) groups is 4. The number of carbonyl (C=O) groups excluding carboxylic acids is 4. The monoisotopic (exact) mass is 2070 g/mol. The number of halogens is 5. The number of nitrogens with two attached hydrogens (primary N) is 1. The van der Waals surface area contributed by atoms with E-state index in [9.17, 15) is 33.6 Å². The van der Waals surface area contributed by atoms with Crippen molar-refractivity contribution in [1.29, 1.82) is 0 Å². The molecule has 7 aromatic heterocycles. The summed E-state index contributed by atoms with van der Waals surface area (Å²) in [7, 11) is 4.92. The maximum Gasteiger partial charge on any atom is 0.264 e. The first-order valence-electron chi connectivity index (χ1n) is 48.2. The fourth-order valence-electron chi connectivity index (χ4n) is 18.2. The molecule has 3 atom stereocenters. The lowest BCUT2D eigenvalue weighted by molar-refractivity contribution is 0.0718. The van der Waals surface area contributed by atoms with Crippen LogP contribution in [-0.2, 0) is 19.6 Å². The van der Waals surface area contributed by atoms with Crippen molar-refractivity contribution in [2.45, 2.75) is 134 Å². The summed E-state index contributed by atoms with van der Waals surface area (Å²) in [6, 6.07) is 74.0. The Bertz CT molecular complexity index is 7820. The standard InChI is InChI=1S/C34H31ClN6O3.C26H23ClN6O2.C17H17ClN4O2.C17H15ClN2O.C16H17ClN4O2/c1-21(28-17-23-7-6-10-27(35)29(23)34(43)41(28)25-8-4-3-5-9-25)38-31-30-32(37-19-36-31)39(20-40(33(30)42)24-13-14-24)18-22-11-15-26(44-2)16-12-22;1-15(31-24-22-23(28-13-29-24)30-14-32(25(22)34)17-10-11-17)20-12-16-6-5-9-19(27)21(16)26(35)33(20)18-7-3-2-4-8-18;1-24-13-6-2-11(3-7-13)8-21-10-22(12-4-5-12)17(23)14-15(18)19-9-20-16(14)21;1-11(19)15-10-12-6-5-9-14(18)16(12)17(21)20(15)13-7-3-2-4-8-13;1-23-12-6-2-10(3-7-12)8-18-15-13(14(17)19-9-20-15)16(22)21-11-4-5-11/h3-12,15-17,19,21,24H,13-14,18,20H2,1-2H3,(H,36,37,38);2-9,12-13,15,17H,10-11,14H2,1H3,(H2,28,29,30,31);2-3,6-7,9,12H,4-5,8,10H2,1H3;2-11H,19H2,1H3;2-3,6-7,9,11H,4-5,8H2,1H3,(H,21,22)(H,18,19,20). The molecule has 147 heavy (non-hydrogen) atoms. The zero-order valence-corrected chi connectivity index (χ0v) is 84.8. The van der Waals surface area contributed by atoms with Gasteiger partial charge in [0.25, 0.3) is 40.3 Å². The van der Waals surface area contributed by atoms with Crippen molar-refractivity contribution in [3.05, 3.63) is 374 Å². The van der Waals surface area contributed by atoms with E-state index < -0.39 is 6.04 Å². The molecule has 7 N–H and O–H groups in total. The largest absolute Gasteiger partial charge is 0.497 e. The molecule has 16 aromatic rings. The van der Waals surface area contributed by atoms with Crippen molar-refractivity contribution in [3.63, 3.8) is 0 Å². The maximum atomic E-state index is 14.0. The molecule has 0 radical (unpaired) electrons. The number of pyridine rings is 3. The number of amides is 4. The first-order chi connectivity index (χ1) is 71.4. The second-order valence-electron chi connectivity index (χ2n) is 36.6. The number of para-hydroxylation sites is 3. The lowest BCUT2D eigenvalue weighted by atomic mass is 10.1. The Hall–Kier alpha value is -15.6. The molecule has 0 saturated heterocycles. The van der Waals surface area contributed by atoms with E-state index in [4.69, 9.17) is 77.9 Å². The number of hydrogen-bond donors (Lipinski definition) is 6. The Balaban J connectivity index is 0.000000119. The van der Waals surface area contributed by atoms with Gasteiger partial charge in [-0.15, -0.1) is 0 Å². The van der Waals surface area contributed by atoms with E-state index >= 15 is 0 Å². The molecule has 32 nitrogen and oxygen atoms in total. The minimum absolute atomic E-state index is 0.0657. The fourth-order valence-corrected chi connectivity index (χ4v) is 19.4. The molecule has 4 saturated carbocycles. The summed E-state index contributed by atoms with van der Waals surface area (Å²) in [6.07, 6.45) is 13.8. The molecule has 3 unspecified atom stereocenters. The number of anilines is 6. The van der Waals surface area contributed by atoms with Crippen LogP contribution in [0.1, 0.15) is 165 Å². The normalized spacial score (nSPS) is 15.1. The highest BCUT2D eigenvalue weighted by atomic mass is 35.5. The molecular weight excluding hydrogens is 1970 g/mol. The highest BCUT2D eigenvalue weighted by Gasteiger charge is 2.44. The Morgan fingerprint density at radius 3 is 1.22 bits per heavy atom. The summed E-state index contributed by atoms with van der Waals surface area (Å²) in [4.78, 5) is 137. The van der Waals surface area contributed by atoms with E-state index in [1.54, 1.807) is 53.2 Å². The van der Waals surface area contributed by atoms with Gasteiger partial charge in [0.15, 0.2) is 0 Å². The van der Waals surface area contributed by atoms with Gasteiger partial charge < -0.3 is 71.0 Å². The van der Waals surface area contributed by atoms with E-state index in [2.05, 4.69) is 76.3 Å². The first-order valence-corrected chi connectivity index (χ1v) is 50.1. The fraction of sp³-hybridized carbons (Fsp3) is 0.245. The van der Waals surface area contributed by atoms with Crippen LogP contribution in [0.25, 0.3) is 49.4 Å². The third-order valence-electron chi connectivity index (χ3n) is 26.3. The number of aromatic nitrogens is 11. The molecular formula is C110H103Cl5N22O10. The van der Waals surface area contributed by atoms with Crippen molar-refractivity contribution in [2.75, 3.05) is 72.4 Å². The van der Waals surface area contributed by atoms with Crippen LogP contribution in [0.4, 0.5) is 34.9 Å². The van der Waals surface area contributed by atoms with Crippen LogP contribution in [-0.4, -0.2) is 157 Å². The van der Waals surface area contributed by atoms with Crippen molar-refractivity contribution >= 4 is 149 Å². The summed E-state index contributed by atoms with van der Waals surface area (Å²) in [5.74, 6) is 4.92. The molecule has 4 aliphatic carbocycles. The Kier molecular flexibility index (Phi) is 30.1. The van der Waals surface area contributed by atoms with Crippen LogP contribution >= 0.6 is 58.0 Å². The number of benzene rings is 9. The van der Waals surface area contributed by atoms with Crippen LogP contribution < -0.4 is 73.0 Å². The molecule has 10 heterocycles. The van der Waals surface area contributed by atoms with Gasteiger partial charge in [0.05, 0.1) is 84.6 Å². The van der Waals surface area contributed by atoms with E-state index in [-0.39, 0.29) is 86.4 Å². The van der Waals surface area contributed by atoms with E-state index in [0.29, 0.717) is 140 Å². The van der Waals surface area contributed by atoms with Crippen LogP contribution in [0.15, 0.2) is 276 Å². The number of ether oxygens (including phenoxy) is 3. The summed E-state index contributed by atoms with van der Waals surface area (Å²) in [5, 5.41) is 21.5. The summed E-state index contributed by atoms with van der Waals surface area (Å²) >= 11 is 31.4. The van der Waals surface area contributed by atoms with Gasteiger partial charge in [-0.3, -0.25) is 47.3 Å². The minimum atomic E-state index is -0.413. The van der Waals surface area contributed by atoms with Crippen molar-refractivity contribution in [1.82, 2.24) is 73.6 Å². The van der Waals surface area contributed by atoms with E-state index in [0.717, 1.165) is 124 Å². The van der Waals surface area contributed by atoms with Crippen LogP contribution in [0.3, 0.4) is 0 Å². The third kappa shape index (κ3) is 22.0. The smallest absolute Gasteiger partial charge is 0.264 e. The Labute approximate surface area is 870 Å². The molecule has 0 bridgehead atoms. The predicted molar refractivity (Wildman–Crippen MR) is 573 cm³/mol. The Morgan fingerprint density at radius 2 is 0.782 bits per heavy atom. The average Bonchev–Trinajstić information content (AvgIpc) is 1.73. The maximum absolute atomic E-state index is 14.0. The highest BCUT2D eigenvalue weighted by molar-refractivity contribution is 6.37. The Morgan fingerprint density at radius 1 is 0.408 bits per heavy atom. The predicted octanol–water partition coefficient (Wildman–Crippen LogP) is 19.8. The third-order valence-corrected chi connectivity index (χ3v) is 27.8. The molecule has 3 aliphatic heterocycles. The van der Waals surface area contributed by atoms with Crippen LogP contribution in [0, 0.1) is 0 Å². The quantitative estimate of drug-likeness (QED) is 0.0289. The average molecular weight is 2070 g/mol. The lowest BCUT2D eigenvalue weighted by Crippen LogP contribution is -2.48. The van der Waals surface area contributed by atoms with Gasteiger partial charge in [0.1, 0.15) is 110 Å². The zero-order chi connectivity index (χ0) is 102. The van der Waals surface area contributed by atoms with Crippen LogP contribution in [0.5, 0.6) is 17.2 Å². The second kappa shape index (κ2) is 44.2. The lowest BCUT2D eigenvalue weighted by Gasteiger charge is -2.38. The molecule has 9 aromatic carbocycles. The topological polar surface area (TPSA) is 367 Å². The van der Waals surface area contributed by atoms with E-state index in [1.165, 1.54) is 25.3 Å². The van der Waals surface area contributed by atoms with Crippen molar-refractivity contribution in [2.24, 2.45) is 5.73 Å². The van der Waals surface area contributed by atoms with Gasteiger partial charge in [-0.2, -0.15) is 0 Å². The number of fused-ring (bicyclic) bond motifs is 6. The molecule has 4 fully saturated rings. The molecule has 23 rings (SSSR count).